The fourth-order valence-corrected chi connectivity index (χ4v) is 2.33. The minimum absolute atomic E-state index is 0.284. The maximum absolute atomic E-state index is 13.8. The van der Waals surface area contributed by atoms with Gasteiger partial charge < -0.3 is 10.5 Å². The molecule has 2 aromatic carbocycles. The minimum atomic E-state index is -1.11. The number of hydrogen-bond donors (Lipinski definition) is 1. The van der Waals surface area contributed by atoms with E-state index in [0.717, 1.165) is 6.07 Å². The van der Waals surface area contributed by atoms with Gasteiger partial charge in [-0.15, -0.1) is 0 Å². The molecule has 2 unspecified atom stereocenters. The smallest absolute Gasteiger partial charge is 0.200 e. The van der Waals surface area contributed by atoms with Crippen molar-refractivity contribution >= 4 is 15.9 Å². The first kappa shape index (κ1) is 15.9. The largest absolute Gasteiger partial charge is 0.481 e. The Morgan fingerprint density at radius 3 is 2.48 bits per heavy atom. The molecule has 21 heavy (non-hydrogen) atoms. The Hall–Kier alpha value is -1.53. The maximum Gasteiger partial charge on any atom is 0.200 e. The summed E-state index contributed by atoms with van der Waals surface area (Å²) in [5.74, 6) is -2.89. The fourth-order valence-electron chi connectivity index (χ4n) is 1.92. The topological polar surface area (TPSA) is 35.2 Å². The van der Waals surface area contributed by atoms with E-state index in [1.54, 1.807) is 13.0 Å². The van der Waals surface area contributed by atoms with Gasteiger partial charge in [0.2, 0.25) is 5.82 Å². The molecule has 0 aliphatic heterocycles. The SMILES string of the molecule is CC(N)C(Oc1cc(Br)cc(F)c1F)c1cccc(F)c1. The van der Waals surface area contributed by atoms with Gasteiger partial charge in [0.1, 0.15) is 11.9 Å². The van der Waals surface area contributed by atoms with E-state index in [-0.39, 0.29) is 5.75 Å². The highest BCUT2D eigenvalue weighted by Crippen LogP contribution is 2.30. The molecular formula is C15H13BrF3NO. The molecule has 0 saturated heterocycles. The van der Waals surface area contributed by atoms with Crippen LogP contribution in [0.3, 0.4) is 0 Å². The van der Waals surface area contributed by atoms with E-state index in [1.165, 1.54) is 24.3 Å². The Kier molecular flexibility index (Phi) is 4.90. The van der Waals surface area contributed by atoms with Crippen LogP contribution in [0.4, 0.5) is 13.2 Å². The van der Waals surface area contributed by atoms with Crippen LogP contribution < -0.4 is 10.5 Å². The standard InChI is InChI=1S/C15H13BrF3NO/c1-8(20)15(9-3-2-4-11(17)5-9)21-13-7-10(16)6-12(18)14(13)19/h2-8,15H,20H2,1H3. The number of halogens is 4. The summed E-state index contributed by atoms with van der Waals surface area (Å²) in [5, 5.41) is 0. The molecule has 0 aromatic heterocycles. The zero-order chi connectivity index (χ0) is 15.6. The molecule has 2 aromatic rings. The summed E-state index contributed by atoms with van der Waals surface area (Å²) in [4.78, 5) is 0. The summed E-state index contributed by atoms with van der Waals surface area (Å²) in [7, 11) is 0. The van der Waals surface area contributed by atoms with E-state index in [0.29, 0.717) is 10.0 Å². The lowest BCUT2D eigenvalue weighted by Gasteiger charge is -2.23. The summed E-state index contributed by atoms with van der Waals surface area (Å²) < 4.78 is 46.3. The Balaban J connectivity index is 2.38. The predicted octanol–water partition coefficient (Wildman–Crippen LogP) is 4.33. The van der Waals surface area contributed by atoms with Gasteiger partial charge in [0, 0.05) is 10.5 Å². The molecule has 2 atom stereocenters. The normalized spacial score (nSPS) is 13.8. The lowest BCUT2D eigenvalue weighted by atomic mass is 10.0. The van der Waals surface area contributed by atoms with E-state index < -0.39 is 29.6 Å². The number of nitrogens with two attached hydrogens (primary N) is 1. The summed E-state index contributed by atoms with van der Waals surface area (Å²) in [6.07, 6.45) is -0.802. The molecule has 0 amide bonds. The van der Waals surface area contributed by atoms with E-state index in [9.17, 15) is 13.2 Å². The number of benzene rings is 2. The van der Waals surface area contributed by atoms with Gasteiger partial charge in [-0.1, -0.05) is 28.1 Å². The van der Waals surface area contributed by atoms with Gasteiger partial charge >= 0.3 is 0 Å². The summed E-state index contributed by atoms with van der Waals surface area (Å²) in [6, 6.07) is 7.39. The van der Waals surface area contributed by atoms with Gasteiger partial charge in [-0.05, 0) is 36.8 Å². The molecule has 0 fully saturated rings. The number of rotatable bonds is 4. The van der Waals surface area contributed by atoms with Crippen molar-refractivity contribution < 1.29 is 17.9 Å². The van der Waals surface area contributed by atoms with E-state index >= 15 is 0 Å². The molecule has 0 saturated carbocycles. The molecule has 0 bridgehead atoms. The highest BCUT2D eigenvalue weighted by molar-refractivity contribution is 9.10. The number of hydrogen-bond acceptors (Lipinski definition) is 2. The maximum atomic E-state index is 13.8. The van der Waals surface area contributed by atoms with E-state index in [1.807, 2.05) is 0 Å². The average Bonchev–Trinajstić information content (AvgIpc) is 2.40. The molecule has 0 heterocycles. The molecular weight excluding hydrogens is 347 g/mol. The molecule has 112 valence electrons. The van der Waals surface area contributed by atoms with Crippen LogP contribution in [0.15, 0.2) is 40.9 Å². The second-order valence-electron chi connectivity index (χ2n) is 4.65. The highest BCUT2D eigenvalue weighted by atomic mass is 79.9. The molecule has 2 N–H and O–H groups in total. The van der Waals surface area contributed by atoms with Crippen LogP contribution >= 0.6 is 15.9 Å². The third-order valence-corrected chi connectivity index (χ3v) is 3.33. The minimum Gasteiger partial charge on any atom is -0.481 e. The molecule has 2 rings (SSSR count). The molecule has 0 radical (unpaired) electrons. The van der Waals surface area contributed by atoms with Gasteiger partial charge in [-0.3, -0.25) is 0 Å². The molecule has 0 spiro atoms. The summed E-state index contributed by atoms with van der Waals surface area (Å²) in [6.45, 7) is 1.64. The van der Waals surface area contributed by atoms with Crippen molar-refractivity contribution in [1.82, 2.24) is 0 Å². The van der Waals surface area contributed by atoms with Gasteiger partial charge in [-0.25, -0.2) is 8.78 Å². The Morgan fingerprint density at radius 2 is 1.86 bits per heavy atom. The Labute approximate surface area is 128 Å². The third-order valence-electron chi connectivity index (χ3n) is 2.87. The zero-order valence-corrected chi connectivity index (χ0v) is 12.7. The van der Waals surface area contributed by atoms with Crippen LogP contribution in [-0.2, 0) is 0 Å². The zero-order valence-electron chi connectivity index (χ0n) is 11.1. The second kappa shape index (κ2) is 6.49. The first-order valence-corrected chi connectivity index (χ1v) is 7.00. The second-order valence-corrected chi connectivity index (χ2v) is 5.57. The Bertz CT molecular complexity index is 649. The quantitative estimate of drug-likeness (QED) is 0.824. The van der Waals surface area contributed by atoms with Crippen molar-refractivity contribution in [2.75, 3.05) is 0 Å². The van der Waals surface area contributed by atoms with Crippen molar-refractivity contribution in [3.05, 3.63) is 63.9 Å². The third kappa shape index (κ3) is 3.77. The number of ether oxygens (including phenoxy) is 1. The molecule has 0 aliphatic carbocycles. The molecule has 0 aliphatic rings. The van der Waals surface area contributed by atoms with Crippen molar-refractivity contribution in [3.63, 3.8) is 0 Å². The molecule has 6 heteroatoms. The van der Waals surface area contributed by atoms with E-state index in [2.05, 4.69) is 15.9 Å². The van der Waals surface area contributed by atoms with Crippen LogP contribution in [0, 0.1) is 17.5 Å². The van der Waals surface area contributed by atoms with Crippen LogP contribution in [-0.4, -0.2) is 6.04 Å². The Morgan fingerprint density at radius 1 is 1.14 bits per heavy atom. The van der Waals surface area contributed by atoms with Gasteiger partial charge in [0.25, 0.3) is 0 Å². The van der Waals surface area contributed by atoms with Gasteiger partial charge in [-0.2, -0.15) is 4.39 Å². The monoisotopic (exact) mass is 359 g/mol. The van der Waals surface area contributed by atoms with Crippen molar-refractivity contribution in [1.29, 1.82) is 0 Å². The predicted molar refractivity (Wildman–Crippen MR) is 77.5 cm³/mol. The summed E-state index contributed by atoms with van der Waals surface area (Å²) >= 11 is 3.06. The first-order valence-electron chi connectivity index (χ1n) is 6.20. The van der Waals surface area contributed by atoms with Crippen LogP contribution in [0.1, 0.15) is 18.6 Å². The summed E-state index contributed by atoms with van der Waals surface area (Å²) in [5.41, 5.74) is 6.27. The van der Waals surface area contributed by atoms with Crippen molar-refractivity contribution in [2.24, 2.45) is 5.73 Å². The van der Waals surface area contributed by atoms with E-state index in [4.69, 9.17) is 10.5 Å². The highest BCUT2D eigenvalue weighted by Gasteiger charge is 2.22. The van der Waals surface area contributed by atoms with Crippen molar-refractivity contribution in [2.45, 2.75) is 19.1 Å². The van der Waals surface area contributed by atoms with Crippen LogP contribution in [0.2, 0.25) is 0 Å². The lowest BCUT2D eigenvalue weighted by Crippen LogP contribution is -2.29. The fraction of sp³-hybridized carbons (Fsp3) is 0.200. The lowest BCUT2D eigenvalue weighted by molar-refractivity contribution is 0.170. The van der Waals surface area contributed by atoms with Gasteiger partial charge in [0.15, 0.2) is 11.6 Å². The average molecular weight is 360 g/mol. The van der Waals surface area contributed by atoms with Gasteiger partial charge in [0.05, 0.1) is 0 Å². The first-order chi connectivity index (χ1) is 9.88. The van der Waals surface area contributed by atoms with Crippen molar-refractivity contribution in [3.8, 4) is 5.75 Å². The van der Waals surface area contributed by atoms with Crippen LogP contribution in [0.5, 0.6) is 5.75 Å². The van der Waals surface area contributed by atoms with Crippen LogP contribution in [0.25, 0.3) is 0 Å². The molecule has 2 nitrogen and oxygen atoms in total.